The van der Waals surface area contributed by atoms with E-state index < -0.39 is 0 Å². The topological polar surface area (TPSA) is 204 Å². The van der Waals surface area contributed by atoms with Crippen LogP contribution in [0.3, 0.4) is 0 Å². The molecule has 0 aliphatic heterocycles. The molecule has 0 atom stereocenters. The molecule has 0 aliphatic carbocycles. The third-order valence-corrected chi connectivity index (χ3v) is 6.73. The minimum atomic E-state index is -0.289. The molecule has 0 saturated carbocycles. The molecule has 0 spiro atoms. The minimum absolute atomic E-state index is 0.133. The van der Waals surface area contributed by atoms with E-state index in [1.165, 1.54) is 0 Å². The van der Waals surface area contributed by atoms with Crippen LogP contribution in [0.15, 0.2) is 47.5 Å². The number of rotatable bonds is 25. The number of carbonyl (C=O) groups excluding carboxylic acids is 2. The van der Waals surface area contributed by atoms with Gasteiger partial charge in [0.1, 0.15) is 18.1 Å². The molecule has 0 saturated heterocycles. The van der Waals surface area contributed by atoms with Gasteiger partial charge < -0.3 is 55.3 Å². The number of benzene rings is 2. The van der Waals surface area contributed by atoms with Crippen LogP contribution in [0.4, 0.5) is 10.7 Å². The number of halogens is 1. The Kier molecular flexibility index (Phi) is 18.7. The van der Waals surface area contributed by atoms with Crippen molar-refractivity contribution in [2.45, 2.75) is 19.8 Å². The van der Waals surface area contributed by atoms with Gasteiger partial charge in [-0.05, 0) is 55.8 Å². The summed E-state index contributed by atoms with van der Waals surface area (Å²) in [6.07, 6.45) is 1.25. The van der Waals surface area contributed by atoms with Crippen LogP contribution in [-0.4, -0.2) is 114 Å². The van der Waals surface area contributed by atoms with Crippen molar-refractivity contribution in [1.29, 1.82) is 0 Å². The molecule has 0 fully saturated rings. The third kappa shape index (κ3) is 16.7. The van der Waals surface area contributed by atoms with Crippen LogP contribution in [0.5, 0.6) is 5.75 Å². The Hall–Kier alpha value is -4.12. The second kappa shape index (κ2) is 23.3. The number of nitrogens with zero attached hydrogens (tertiary/aromatic N) is 3. The lowest BCUT2D eigenvalue weighted by atomic mass is 10.1. The van der Waals surface area contributed by atoms with Gasteiger partial charge in [-0.2, -0.15) is 4.99 Å². The summed E-state index contributed by atoms with van der Waals surface area (Å²) in [5, 5.41) is 6.75. The summed E-state index contributed by atoms with van der Waals surface area (Å²) in [5.41, 5.74) is 13.2. The maximum absolute atomic E-state index is 11.8. The van der Waals surface area contributed by atoms with E-state index in [4.69, 9.17) is 51.5 Å². The number of ether oxygens (including phenoxy) is 6. The van der Waals surface area contributed by atoms with Crippen LogP contribution in [0.1, 0.15) is 19.8 Å². The molecule has 0 bridgehead atoms. The van der Waals surface area contributed by atoms with Gasteiger partial charge in [0.2, 0.25) is 0 Å². The molecule has 0 aliphatic rings. The summed E-state index contributed by atoms with van der Waals surface area (Å²) < 4.78 is 33.1. The van der Waals surface area contributed by atoms with Gasteiger partial charge >= 0.3 is 6.03 Å². The van der Waals surface area contributed by atoms with Crippen LogP contribution < -0.4 is 26.8 Å². The van der Waals surface area contributed by atoms with Crippen molar-refractivity contribution in [1.82, 2.24) is 20.6 Å². The highest BCUT2D eigenvalue weighted by atomic mass is 35.5. The van der Waals surface area contributed by atoms with E-state index in [2.05, 4.69) is 25.6 Å². The van der Waals surface area contributed by atoms with E-state index in [0.29, 0.717) is 121 Å². The SMILES string of the molecule is CC(=O)CCCOCCOCCNC(=O)NCCOCCOCCOCCOc1ccc(-c2nc(N=C(N)N)nc3ccc(Cl)cc23)cc1. The maximum atomic E-state index is 11.8. The lowest BCUT2D eigenvalue weighted by Gasteiger charge is -2.10. The number of nitrogens with two attached hydrogens (primary N) is 2. The summed E-state index contributed by atoms with van der Waals surface area (Å²) in [4.78, 5) is 35.5. The van der Waals surface area contributed by atoms with Crippen molar-refractivity contribution < 1.29 is 38.0 Å². The van der Waals surface area contributed by atoms with Gasteiger partial charge in [-0.3, -0.25) is 0 Å². The van der Waals surface area contributed by atoms with Crippen LogP contribution in [0.25, 0.3) is 22.2 Å². The third-order valence-electron chi connectivity index (χ3n) is 6.50. The van der Waals surface area contributed by atoms with Crippen LogP contribution in [0.2, 0.25) is 5.02 Å². The van der Waals surface area contributed by atoms with Gasteiger partial charge in [0.15, 0.2) is 5.96 Å². The summed E-state index contributed by atoms with van der Waals surface area (Å²) in [6.45, 7) is 6.93. The molecule has 2 aromatic carbocycles. The standard InChI is InChI=1S/C33H46ClN7O8/c1-24(42)3-2-12-44-15-16-45-13-10-37-33(43)38-11-14-46-17-18-47-19-20-48-21-22-49-27-7-4-25(5-8-27)30-28-23-26(34)6-9-29(28)39-32(40-30)41-31(35)36/h4-9,23H,2-3,10-22H2,1H3,(H2,37,38,43)(H4,35,36,39,40,41). The lowest BCUT2D eigenvalue weighted by molar-refractivity contribution is -0.117. The van der Waals surface area contributed by atoms with Gasteiger partial charge in [-0.15, -0.1) is 0 Å². The monoisotopic (exact) mass is 703 g/mol. The van der Waals surface area contributed by atoms with Crippen molar-refractivity contribution >= 4 is 46.2 Å². The molecular weight excluding hydrogens is 658 g/mol. The molecular formula is C33H46ClN7O8. The van der Waals surface area contributed by atoms with Gasteiger partial charge in [-0.25, -0.2) is 14.8 Å². The molecule has 3 rings (SSSR count). The van der Waals surface area contributed by atoms with Crippen molar-refractivity contribution in [3.63, 3.8) is 0 Å². The molecule has 1 aromatic heterocycles. The highest BCUT2D eigenvalue weighted by Crippen LogP contribution is 2.31. The van der Waals surface area contributed by atoms with Gasteiger partial charge in [-0.1, -0.05) is 11.6 Å². The summed E-state index contributed by atoms with van der Waals surface area (Å²) in [7, 11) is 0. The van der Waals surface area contributed by atoms with E-state index >= 15 is 0 Å². The summed E-state index contributed by atoms with van der Waals surface area (Å²) in [6, 6.07) is 12.5. The predicted octanol–water partition coefficient (Wildman–Crippen LogP) is 2.99. The smallest absolute Gasteiger partial charge is 0.314 e. The first-order valence-corrected chi connectivity index (χ1v) is 16.4. The van der Waals surface area contributed by atoms with Crippen molar-refractivity contribution in [2.24, 2.45) is 16.5 Å². The van der Waals surface area contributed by atoms with E-state index in [1.807, 2.05) is 24.3 Å². The summed E-state index contributed by atoms with van der Waals surface area (Å²) >= 11 is 6.22. The number of amides is 2. The fourth-order valence-corrected chi connectivity index (χ4v) is 4.40. The first-order valence-electron chi connectivity index (χ1n) is 16.0. The molecule has 49 heavy (non-hydrogen) atoms. The number of guanidine groups is 1. The average molecular weight is 704 g/mol. The Morgan fingerprint density at radius 1 is 0.755 bits per heavy atom. The quantitative estimate of drug-likeness (QED) is 0.0571. The molecule has 2 amide bonds. The number of urea groups is 1. The second-order valence-corrected chi connectivity index (χ2v) is 10.9. The van der Waals surface area contributed by atoms with E-state index in [-0.39, 0.29) is 23.7 Å². The Morgan fingerprint density at radius 3 is 1.92 bits per heavy atom. The normalized spacial score (nSPS) is 11.0. The predicted molar refractivity (Wildman–Crippen MR) is 186 cm³/mol. The van der Waals surface area contributed by atoms with Gasteiger partial charge in [0.05, 0.1) is 70.7 Å². The number of ketones is 1. The molecule has 268 valence electrons. The minimum Gasteiger partial charge on any atom is -0.491 e. The fourth-order valence-electron chi connectivity index (χ4n) is 4.22. The van der Waals surface area contributed by atoms with Crippen LogP contribution in [-0.2, 0) is 28.5 Å². The van der Waals surface area contributed by atoms with Crippen LogP contribution in [0, 0.1) is 0 Å². The van der Waals surface area contributed by atoms with Crippen molar-refractivity contribution in [3.05, 3.63) is 47.5 Å². The largest absolute Gasteiger partial charge is 0.491 e. The summed E-state index contributed by atoms with van der Waals surface area (Å²) in [5.74, 6) is 0.864. The molecule has 0 unspecified atom stereocenters. The number of aromatic nitrogens is 2. The zero-order valence-corrected chi connectivity index (χ0v) is 28.5. The van der Waals surface area contributed by atoms with Crippen molar-refractivity contribution in [2.75, 3.05) is 85.8 Å². The Morgan fingerprint density at radius 2 is 1.33 bits per heavy atom. The van der Waals surface area contributed by atoms with Crippen molar-refractivity contribution in [3.8, 4) is 17.0 Å². The Labute approximate surface area is 291 Å². The van der Waals surface area contributed by atoms with E-state index in [1.54, 1.807) is 25.1 Å². The number of fused-ring (bicyclic) bond motifs is 1. The van der Waals surface area contributed by atoms with E-state index in [0.717, 1.165) is 10.9 Å². The second-order valence-electron chi connectivity index (χ2n) is 10.5. The lowest BCUT2D eigenvalue weighted by Crippen LogP contribution is -2.39. The molecule has 3 aromatic rings. The number of carbonyl (C=O) groups is 2. The van der Waals surface area contributed by atoms with Gasteiger partial charge in [0.25, 0.3) is 5.95 Å². The number of aliphatic imine (C=N–C) groups is 1. The highest BCUT2D eigenvalue weighted by molar-refractivity contribution is 6.31. The molecule has 0 radical (unpaired) electrons. The Bertz CT molecular complexity index is 1460. The number of hydrogen-bond acceptors (Lipinski definition) is 11. The fraction of sp³-hybridized carbons (Fsp3) is 0.485. The molecule has 6 N–H and O–H groups in total. The number of Topliss-reactive ketones (excluding diaryl/α,β-unsaturated/α-hetero) is 1. The zero-order valence-electron chi connectivity index (χ0n) is 27.8. The molecule has 15 nitrogen and oxygen atoms in total. The molecule has 1 heterocycles. The first-order chi connectivity index (χ1) is 23.8. The average Bonchev–Trinajstić information content (AvgIpc) is 3.07. The van der Waals surface area contributed by atoms with E-state index in [9.17, 15) is 9.59 Å². The van der Waals surface area contributed by atoms with Gasteiger partial charge in [0, 0.05) is 42.1 Å². The zero-order chi connectivity index (χ0) is 35.1. The Balaban J connectivity index is 1.16. The molecule has 16 heteroatoms. The number of nitrogens with one attached hydrogen (secondary N) is 2. The maximum Gasteiger partial charge on any atom is 0.314 e. The number of hydrogen-bond donors (Lipinski definition) is 4. The first kappa shape index (κ1) is 39.3. The van der Waals surface area contributed by atoms with Crippen LogP contribution >= 0.6 is 11.6 Å². The highest BCUT2D eigenvalue weighted by Gasteiger charge is 2.11.